The number of Topliss-reactive ketones (excluding diaryl/α,β-unsaturated/α-hetero) is 1. The number of morpholine rings is 1. The van der Waals surface area contributed by atoms with Crippen molar-refractivity contribution in [3.8, 4) is 17.2 Å². The highest BCUT2D eigenvalue weighted by atomic mass is 16.5. The number of carbonyl (C=O) groups is 2. The van der Waals surface area contributed by atoms with E-state index in [9.17, 15) is 14.7 Å². The standard InChI is InChI=1S/C30H36N2O7/c1-4-37-24-9-6-20(18-25(24)38-5-2)27-26(28(33)21-7-8-23-22(17-21)16-19(3)39-23)29(34)30(35)32(27)11-10-31-12-14-36-15-13-31/h6-9,17-19,27,33H,4-5,10-16H2,1-3H3/t19-,27+/m0/s1. The van der Waals surface area contributed by atoms with E-state index < -0.39 is 17.7 Å². The largest absolute Gasteiger partial charge is 0.507 e. The summed E-state index contributed by atoms with van der Waals surface area (Å²) in [4.78, 5) is 30.7. The maximum absolute atomic E-state index is 13.5. The smallest absolute Gasteiger partial charge is 0.295 e. The number of hydrogen-bond acceptors (Lipinski definition) is 8. The van der Waals surface area contributed by atoms with Crippen molar-refractivity contribution >= 4 is 17.4 Å². The summed E-state index contributed by atoms with van der Waals surface area (Å²) in [5.41, 5.74) is 2.19. The number of amides is 1. The number of aliphatic hydroxyl groups is 1. The minimum absolute atomic E-state index is 0.0454. The van der Waals surface area contributed by atoms with Crippen molar-refractivity contribution in [2.24, 2.45) is 0 Å². The fourth-order valence-corrected chi connectivity index (χ4v) is 5.49. The zero-order chi connectivity index (χ0) is 27.5. The van der Waals surface area contributed by atoms with Gasteiger partial charge < -0.3 is 29.0 Å². The lowest BCUT2D eigenvalue weighted by Gasteiger charge is -2.31. The molecular weight excluding hydrogens is 500 g/mol. The van der Waals surface area contributed by atoms with Gasteiger partial charge in [0.25, 0.3) is 11.7 Å². The van der Waals surface area contributed by atoms with E-state index >= 15 is 0 Å². The van der Waals surface area contributed by atoms with Crippen LogP contribution >= 0.6 is 0 Å². The van der Waals surface area contributed by atoms with Gasteiger partial charge in [-0.1, -0.05) is 6.07 Å². The van der Waals surface area contributed by atoms with Gasteiger partial charge in [0.2, 0.25) is 0 Å². The SMILES string of the molecule is CCOc1ccc([C@@H]2C(=C(O)c3ccc4c(c3)C[C@H](C)O4)C(=O)C(=O)N2CCN2CCOCC2)cc1OCC. The first-order chi connectivity index (χ1) is 18.9. The minimum atomic E-state index is -0.774. The lowest BCUT2D eigenvalue weighted by atomic mass is 9.94. The van der Waals surface area contributed by atoms with Crippen molar-refractivity contribution in [2.75, 3.05) is 52.6 Å². The predicted molar refractivity (Wildman–Crippen MR) is 145 cm³/mol. The Hall–Kier alpha value is -3.56. The number of aliphatic hydroxyl groups excluding tert-OH is 1. The Labute approximate surface area is 228 Å². The molecule has 0 aliphatic carbocycles. The molecule has 0 spiro atoms. The highest BCUT2D eigenvalue weighted by Gasteiger charge is 2.46. The number of nitrogens with zero attached hydrogens (tertiary/aromatic N) is 2. The van der Waals surface area contributed by atoms with Gasteiger partial charge in [0, 0.05) is 38.2 Å². The lowest BCUT2D eigenvalue weighted by Crippen LogP contribution is -2.42. The molecule has 2 aromatic carbocycles. The second kappa shape index (κ2) is 11.7. The molecule has 3 aliphatic rings. The number of likely N-dealkylation sites (tertiary alicyclic amines) is 1. The number of ketones is 1. The van der Waals surface area contributed by atoms with Gasteiger partial charge in [-0.25, -0.2) is 0 Å². The molecule has 2 atom stereocenters. The van der Waals surface area contributed by atoms with Gasteiger partial charge in [-0.3, -0.25) is 14.5 Å². The van der Waals surface area contributed by atoms with Crippen molar-refractivity contribution in [2.45, 2.75) is 39.3 Å². The first-order valence-corrected chi connectivity index (χ1v) is 13.7. The van der Waals surface area contributed by atoms with Gasteiger partial charge in [-0.05, 0) is 62.2 Å². The van der Waals surface area contributed by atoms with Crippen molar-refractivity contribution in [1.29, 1.82) is 0 Å². The molecule has 208 valence electrons. The summed E-state index contributed by atoms with van der Waals surface area (Å²) < 4.78 is 22.8. The van der Waals surface area contributed by atoms with E-state index in [0.717, 1.165) is 24.4 Å². The summed E-state index contributed by atoms with van der Waals surface area (Å²) in [6.07, 6.45) is 0.758. The van der Waals surface area contributed by atoms with Crippen LogP contribution in [0.5, 0.6) is 17.2 Å². The zero-order valence-corrected chi connectivity index (χ0v) is 22.8. The molecule has 1 amide bonds. The Morgan fingerprint density at radius 1 is 1.00 bits per heavy atom. The molecule has 3 heterocycles. The Bertz CT molecular complexity index is 1270. The molecule has 9 heteroatoms. The van der Waals surface area contributed by atoms with Crippen LogP contribution in [0.1, 0.15) is 43.5 Å². The molecule has 0 radical (unpaired) electrons. The number of ether oxygens (including phenoxy) is 4. The first kappa shape index (κ1) is 27.0. The fourth-order valence-electron chi connectivity index (χ4n) is 5.49. The molecule has 2 aromatic rings. The fraction of sp³-hybridized carbons (Fsp3) is 0.467. The van der Waals surface area contributed by atoms with Crippen LogP contribution in [0, 0.1) is 0 Å². The summed E-state index contributed by atoms with van der Waals surface area (Å²) >= 11 is 0. The maximum atomic E-state index is 13.5. The molecule has 2 fully saturated rings. The normalized spacial score (nSPS) is 22.6. The van der Waals surface area contributed by atoms with Gasteiger partial charge >= 0.3 is 0 Å². The van der Waals surface area contributed by atoms with Crippen molar-refractivity contribution in [3.05, 3.63) is 58.7 Å². The van der Waals surface area contributed by atoms with Gasteiger partial charge in [0.05, 0.1) is 38.0 Å². The topological polar surface area (TPSA) is 97.8 Å². The molecular formula is C30H36N2O7. The van der Waals surface area contributed by atoms with Crippen LogP contribution in [0.4, 0.5) is 0 Å². The molecule has 39 heavy (non-hydrogen) atoms. The average Bonchev–Trinajstić information content (AvgIpc) is 3.44. The monoisotopic (exact) mass is 536 g/mol. The minimum Gasteiger partial charge on any atom is -0.507 e. The van der Waals surface area contributed by atoms with Crippen LogP contribution in [0.2, 0.25) is 0 Å². The third-order valence-electron chi connectivity index (χ3n) is 7.35. The molecule has 9 nitrogen and oxygen atoms in total. The molecule has 3 aliphatic heterocycles. The van der Waals surface area contributed by atoms with E-state index in [1.807, 2.05) is 39.0 Å². The summed E-state index contributed by atoms with van der Waals surface area (Å²) in [6, 6.07) is 10.0. The summed E-state index contributed by atoms with van der Waals surface area (Å²) in [6.45, 7) is 10.4. The quantitative estimate of drug-likeness (QED) is 0.295. The van der Waals surface area contributed by atoms with E-state index in [2.05, 4.69) is 4.90 Å². The second-order valence-electron chi connectivity index (χ2n) is 9.97. The highest BCUT2D eigenvalue weighted by Crippen LogP contribution is 2.42. The number of rotatable bonds is 9. The van der Waals surface area contributed by atoms with Crippen molar-refractivity contribution in [3.63, 3.8) is 0 Å². The molecule has 5 rings (SSSR count). The van der Waals surface area contributed by atoms with E-state index in [1.54, 1.807) is 23.1 Å². The molecule has 2 saturated heterocycles. The number of benzene rings is 2. The second-order valence-corrected chi connectivity index (χ2v) is 9.97. The van der Waals surface area contributed by atoms with E-state index in [4.69, 9.17) is 18.9 Å². The van der Waals surface area contributed by atoms with Crippen molar-refractivity contribution < 1.29 is 33.6 Å². The number of carbonyl (C=O) groups excluding carboxylic acids is 2. The van der Waals surface area contributed by atoms with Crippen LogP contribution in [0.15, 0.2) is 42.0 Å². The Morgan fingerprint density at radius 2 is 1.74 bits per heavy atom. The van der Waals surface area contributed by atoms with E-state index in [0.29, 0.717) is 68.6 Å². The molecule has 0 saturated carbocycles. The van der Waals surface area contributed by atoms with Crippen molar-refractivity contribution in [1.82, 2.24) is 9.80 Å². The molecule has 0 bridgehead atoms. The predicted octanol–water partition coefficient (Wildman–Crippen LogP) is 3.56. The van der Waals surface area contributed by atoms with Crippen LogP contribution in [-0.4, -0.2) is 85.3 Å². The molecule has 0 aromatic heterocycles. The van der Waals surface area contributed by atoms with E-state index in [-0.39, 0.29) is 17.4 Å². The average molecular weight is 537 g/mol. The Morgan fingerprint density at radius 3 is 2.49 bits per heavy atom. The zero-order valence-electron chi connectivity index (χ0n) is 22.8. The number of fused-ring (bicyclic) bond motifs is 1. The van der Waals surface area contributed by atoms with Gasteiger partial charge in [0.15, 0.2) is 11.5 Å². The summed E-state index contributed by atoms with van der Waals surface area (Å²) in [7, 11) is 0. The third-order valence-corrected chi connectivity index (χ3v) is 7.35. The van der Waals surface area contributed by atoms with Gasteiger partial charge in [-0.15, -0.1) is 0 Å². The summed E-state index contributed by atoms with van der Waals surface area (Å²) in [5, 5.41) is 11.5. The van der Waals surface area contributed by atoms with Crippen LogP contribution in [0.25, 0.3) is 5.76 Å². The van der Waals surface area contributed by atoms with Crippen LogP contribution in [-0.2, 0) is 20.7 Å². The van der Waals surface area contributed by atoms with Crippen LogP contribution in [0.3, 0.4) is 0 Å². The highest BCUT2D eigenvalue weighted by molar-refractivity contribution is 6.46. The molecule has 1 N–H and O–H groups in total. The first-order valence-electron chi connectivity index (χ1n) is 13.7. The van der Waals surface area contributed by atoms with Crippen LogP contribution < -0.4 is 14.2 Å². The third kappa shape index (κ3) is 5.46. The van der Waals surface area contributed by atoms with Gasteiger partial charge in [0.1, 0.15) is 17.6 Å². The van der Waals surface area contributed by atoms with Gasteiger partial charge in [-0.2, -0.15) is 0 Å². The summed E-state index contributed by atoms with van der Waals surface area (Å²) in [5.74, 6) is 0.368. The lowest BCUT2D eigenvalue weighted by molar-refractivity contribution is -0.140. The Kier molecular flexibility index (Phi) is 8.09. The number of hydrogen-bond donors (Lipinski definition) is 1. The van der Waals surface area contributed by atoms with E-state index in [1.165, 1.54) is 0 Å². The Balaban J connectivity index is 1.57. The molecule has 0 unspecified atom stereocenters. The maximum Gasteiger partial charge on any atom is 0.295 e.